The lowest BCUT2D eigenvalue weighted by Crippen LogP contribution is -2.45. The number of likely N-dealkylation sites (tertiary alicyclic amines) is 1. The second kappa shape index (κ2) is 7.44. The highest BCUT2D eigenvalue weighted by Crippen LogP contribution is 2.22. The van der Waals surface area contributed by atoms with Crippen LogP contribution < -0.4 is 5.32 Å². The monoisotopic (exact) mass is 317 g/mol. The molecule has 2 atom stereocenters. The quantitative estimate of drug-likeness (QED) is 0.911. The maximum Gasteiger partial charge on any atom is 0.241 e. The van der Waals surface area contributed by atoms with Gasteiger partial charge in [0.05, 0.1) is 12.1 Å². The van der Waals surface area contributed by atoms with E-state index >= 15 is 0 Å². The van der Waals surface area contributed by atoms with Gasteiger partial charge in [0.2, 0.25) is 5.91 Å². The van der Waals surface area contributed by atoms with Gasteiger partial charge in [-0.1, -0.05) is 42.0 Å². The van der Waals surface area contributed by atoms with E-state index in [1.807, 2.05) is 18.2 Å². The molecule has 4 nitrogen and oxygen atoms in total. The zero-order valence-electron chi connectivity index (χ0n) is 12.4. The number of nitrogens with one attached hydrogen (secondary N) is 1. The third-order valence-corrected chi connectivity index (χ3v) is 4.20. The zero-order chi connectivity index (χ0) is 14.7. The fourth-order valence-corrected chi connectivity index (χ4v) is 3.10. The van der Waals surface area contributed by atoms with E-state index in [-0.39, 0.29) is 30.4 Å². The second-order valence-corrected chi connectivity index (χ2v) is 5.67. The molecule has 116 valence electrons. The van der Waals surface area contributed by atoms with Crippen LogP contribution in [0.4, 0.5) is 0 Å². The van der Waals surface area contributed by atoms with Crippen LogP contribution in [-0.2, 0) is 4.79 Å². The summed E-state index contributed by atoms with van der Waals surface area (Å²) in [4.78, 5) is 14.2. The van der Waals surface area contributed by atoms with Gasteiger partial charge < -0.3 is 10.2 Å². The summed E-state index contributed by atoms with van der Waals surface area (Å²) in [6, 6.07) is 12.0. The Kier molecular flexibility index (Phi) is 5.59. The summed E-state index contributed by atoms with van der Waals surface area (Å²) in [5.74, 6) is 0.0792. The van der Waals surface area contributed by atoms with Crippen molar-refractivity contribution in [1.29, 1.82) is 5.26 Å². The number of carbonyl (C=O) groups is 1. The van der Waals surface area contributed by atoms with Crippen molar-refractivity contribution in [1.82, 2.24) is 10.2 Å². The summed E-state index contributed by atoms with van der Waals surface area (Å²) in [6.07, 6.45) is 4.62. The molecular weight excluding hydrogens is 298 g/mol. The van der Waals surface area contributed by atoms with E-state index in [9.17, 15) is 4.79 Å². The smallest absolute Gasteiger partial charge is 0.241 e. The number of halogens is 1. The summed E-state index contributed by atoms with van der Waals surface area (Å²) < 4.78 is 0. The number of carbonyl (C=O) groups excluding carboxylic acids is 1. The molecule has 0 saturated carbocycles. The van der Waals surface area contributed by atoms with Gasteiger partial charge in [-0.15, -0.1) is 12.4 Å². The number of hydrogen-bond acceptors (Lipinski definition) is 3. The van der Waals surface area contributed by atoms with Crippen molar-refractivity contribution in [3.63, 3.8) is 0 Å². The normalized spacial score (nSPS) is 25.8. The number of benzene rings is 1. The Morgan fingerprint density at radius 2 is 2.14 bits per heavy atom. The molecule has 0 radical (unpaired) electrons. The Labute approximate surface area is 137 Å². The summed E-state index contributed by atoms with van der Waals surface area (Å²) in [5.41, 5.74) is 2.41. The summed E-state index contributed by atoms with van der Waals surface area (Å²) in [7, 11) is 0. The molecule has 0 aromatic heterocycles. The molecule has 0 aliphatic carbocycles. The topological polar surface area (TPSA) is 56.1 Å². The molecule has 1 aromatic carbocycles. The summed E-state index contributed by atoms with van der Waals surface area (Å²) in [5, 5.41) is 12.4. The van der Waals surface area contributed by atoms with Crippen molar-refractivity contribution in [3.8, 4) is 6.07 Å². The predicted molar refractivity (Wildman–Crippen MR) is 88.4 cm³/mol. The van der Waals surface area contributed by atoms with Crippen LogP contribution in [0.15, 0.2) is 35.9 Å². The van der Waals surface area contributed by atoms with Crippen LogP contribution in [-0.4, -0.2) is 36.0 Å². The molecule has 2 aliphatic rings. The van der Waals surface area contributed by atoms with Gasteiger partial charge in [-0.05, 0) is 24.8 Å². The predicted octanol–water partition coefficient (Wildman–Crippen LogP) is 2.37. The minimum Gasteiger partial charge on any atom is -0.325 e. The first kappa shape index (κ1) is 16.5. The molecule has 2 aliphatic heterocycles. The van der Waals surface area contributed by atoms with E-state index in [2.05, 4.69) is 29.6 Å². The molecule has 0 spiro atoms. The SMILES string of the molecule is Cl.N#C[C@@H]1CCCN1C(=O)[C@@H]1CC(=Cc2ccccc2)CN1. The molecule has 1 amide bonds. The molecule has 2 saturated heterocycles. The molecule has 5 heteroatoms. The van der Waals surface area contributed by atoms with Crippen LogP contribution in [0.25, 0.3) is 6.08 Å². The van der Waals surface area contributed by atoms with E-state index < -0.39 is 0 Å². The van der Waals surface area contributed by atoms with Crippen LogP contribution in [0.2, 0.25) is 0 Å². The van der Waals surface area contributed by atoms with Crippen molar-refractivity contribution in [2.24, 2.45) is 0 Å². The number of nitriles is 1. The number of nitrogens with zero attached hydrogens (tertiary/aromatic N) is 2. The molecule has 3 rings (SSSR count). The molecule has 1 N–H and O–H groups in total. The Bertz CT molecular complexity index is 594. The van der Waals surface area contributed by atoms with Crippen molar-refractivity contribution < 1.29 is 4.79 Å². The highest BCUT2D eigenvalue weighted by atomic mass is 35.5. The molecule has 22 heavy (non-hydrogen) atoms. The van der Waals surface area contributed by atoms with E-state index in [0.717, 1.165) is 25.8 Å². The van der Waals surface area contributed by atoms with Crippen LogP contribution in [0.3, 0.4) is 0 Å². The van der Waals surface area contributed by atoms with Crippen molar-refractivity contribution >= 4 is 24.4 Å². The first-order chi connectivity index (χ1) is 10.3. The minimum absolute atomic E-state index is 0. The van der Waals surface area contributed by atoms with E-state index in [1.54, 1.807) is 4.90 Å². The van der Waals surface area contributed by atoms with E-state index in [1.165, 1.54) is 11.1 Å². The largest absolute Gasteiger partial charge is 0.325 e. The fraction of sp³-hybridized carbons (Fsp3) is 0.412. The van der Waals surface area contributed by atoms with Crippen LogP contribution in [0.5, 0.6) is 0 Å². The first-order valence-electron chi connectivity index (χ1n) is 7.46. The molecule has 1 aromatic rings. The minimum atomic E-state index is -0.235. The Balaban J connectivity index is 0.00000176. The lowest BCUT2D eigenvalue weighted by atomic mass is 10.1. The van der Waals surface area contributed by atoms with Gasteiger partial charge in [0, 0.05) is 13.1 Å². The van der Waals surface area contributed by atoms with Gasteiger partial charge in [-0.3, -0.25) is 4.79 Å². The van der Waals surface area contributed by atoms with Crippen LogP contribution in [0.1, 0.15) is 24.8 Å². The highest BCUT2D eigenvalue weighted by Gasteiger charge is 2.35. The van der Waals surface area contributed by atoms with Crippen molar-refractivity contribution in [2.75, 3.05) is 13.1 Å². The number of amides is 1. The van der Waals surface area contributed by atoms with Gasteiger partial charge in [0.15, 0.2) is 0 Å². The van der Waals surface area contributed by atoms with Crippen LogP contribution >= 0.6 is 12.4 Å². The maximum absolute atomic E-state index is 12.5. The second-order valence-electron chi connectivity index (χ2n) is 5.67. The third kappa shape index (κ3) is 3.49. The zero-order valence-corrected chi connectivity index (χ0v) is 13.2. The average molecular weight is 318 g/mol. The average Bonchev–Trinajstić information content (AvgIpc) is 3.16. The summed E-state index contributed by atoms with van der Waals surface area (Å²) in [6.45, 7) is 1.46. The Morgan fingerprint density at radius 3 is 2.86 bits per heavy atom. The molecular formula is C17H20ClN3O. The maximum atomic E-state index is 12.5. The van der Waals surface area contributed by atoms with E-state index in [0.29, 0.717) is 6.54 Å². The molecule has 0 bridgehead atoms. The number of rotatable bonds is 2. The molecule has 0 unspecified atom stereocenters. The first-order valence-corrected chi connectivity index (χ1v) is 7.46. The van der Waals surface area contributed by atoms with Gasteiger partial charge >= 0.3 is 0 Å². The van der Waals surface area contributed by atoms with Gasteiger partial charge in [0.1, 0.15) is 6.04 Å². The van der Waals surface area contributed by atoms with Gasteiger partial charge in [0.25, 0.3) is 0 Å². The molecule has 2 fully saturated rings. The molecule has 2 heterocycles. The summed E-state index contributed by atoms with van der Waals surface area (Å²) >= 11 is 0. The van der Waals surface area contributed by atoms with Crippen molar-refractivity contribution in [2.45, 2.75) is 31.3 Å². The highest BCUT2D eigenvalue weighted by molar-refractivity contribution is 5.85. The number of hydrogen-bond donors (Lipinski definition) is 1. The third-order valence-electron chi connectivity index (χ3n) is 4.20. The van der Waals surface area contributed by atoms with E-state index in [4.69, 9.17) is 5.26 Å². The fourth-order valence-electron chi connectivity index (χ4n) is 3.10. The lowest BCUT2D eigenvalue weighted by Gasteiger charge is -2.22. The van der Waals surface area contributed by atoms with Crippen molar-refractivity contribution in [3.05, 3.63) is 41.5 Å². The lowest BCUT2D eigenvalue weighted by molar-refractivity contribution is -0.132. The van der Waals surface area contributed by atoms with Crippen LogP contribution in [0, 0.1) is 11.3 Å². The Morgan fingerprint density at radius 1 is 1.36 bits per heavy atom. The van der Waals surface area contributed by atoms with Gasteiger partial charge in [-0.2, -0.15) is 5.26 Å². The van der Waals surface area contributed by atoms with Gasteiger partial charge in [-0.25, -0.2) is 0 Å². The standard InChI is InChI=1S/C17H19N3O.ClH/c18-11-15-7-4-8-20(15)17(21)16-10-14(12-19-16)9-13-5-2-1-3-6-13;/h1-3,5-6,9,15-16,19H,4,7-8,10,12H2;1H/t15-,16-;/m0./s1. The Hall–Kier alpha value is -1.83.